The highest BCUT2D eigenvalue weighted by Crippen LogP contribution is 2.33. The average Bonchev–Trinajstić information content (AvgIpc) is 3.42. The van der Waals surface area contributed by atoms with Crippen LogP contribution < -0.4 is 0 Å². The molecule has 0 radical (unpaired) electrons. The van der Waals surface area contributed by atoms with Gasteiger partial charge in [0.1, 0.15) is 0 Å². The molecule has 166 valence electrons. The molecule has 0 bridgehead atoms. The highest BCUT2D eigenvalue weighted by molar-refractivity contribution is 7.91. The number of hydrogen-bond acceptors (Lipinski definition) is 5. The number of sulfone groups is 1. The molecule has 0 N–H and O–H groups in total. The predicted octanol–water partition coefficient (Wildman–Crippen LogP) is 3.76. The molecule has 1 fully saturated rings. The number of carbonyl (C=O) groups is 2. The Labute approximate surface area is 187 Å². The number of aryl methyl sites for hydroxylation is 3. The Hall–Kier alpha value is -2.93. The normalized spacial score (nSPS) is 18.9. The first-order chi connectivity index (χ1) is 15.2. The zero-order valence-corrected chi connectivity index (χ0v) is 19.0. The van der Waals surface area contributed by atoms with E-state index >= 15 is 0 Å². The van der Waals surface area contributed by atoms with Gasteiger partial charge in [-0.3, -0.25) is 4.79 Å². The molecular weight excluding hydrogens is 426 g/mol. The summed E-state index contributed by atoms with van der Waals surface area (Å²) in [5.74, 6) is -0.532. The number of rotatable bonds is 5. The quantitative estimate of drug-likeness (QED) is 0.436. The van der Waals surface area contributed by atoms with Gasteiger partial charge in [-0.2, -0.15) is 0 Å². The second-order valence-corrected chi connectivity index (χ2v) is 11.1. The number of Topliss-reactive ketones (excluding diaryl/α,β-unsaturated/α-hetero) is 1. The summed E-state index contributed by atoms with van der Waals surface area (Å²) in [4.78, 5) is 25.7. The first-order valence-corrected chi connectivity index (χ1v) is 12.7. The summed E-state index contributed by atoms with van der Waals surface area (Å²) in [5, 5.41) is 2.00. The van der Waals surface area contributed by atoms with Gasteiger partial charge in [0.05, 0.1) is 17.1 Å². The molecule has 1 atom stereocenters. The van der Waals surface area contributed by atoms with Crippen LogP contribution in [0.25, 0.3) is 10.8 Å². The van der Waals surface area contributed by atoms with Gasteiger partial charge in [-0.05, 0) is 67.1 Å². The lowest BCUT2D eigenvalue weighted by Gasteiger charge is -2.16. The molecule has 1 aliphatic carbocycles. The van der Waals surface area contributed by atoms with E-state index in [1.54, 1.807) is 12.1 Å². The lowest BCUT2D eigenvalue weighted by atomic mass is 10.00. The van der Waals surface area contributed by atoms with Crippen molar-refractivity contribution in [3.05, 3.63) is 70.0 Å². The van der Waals surface area contributed by atoms with Crippen molar-refractivity contribution in [2.75, 3.05) is 18.1 Å². The molecule has 1 aromatic heterocycles. The van der Waals surface area contributed by atoms with E-state index in [2.05, 4.69) is 6.07 Å². The largest absolute Gasteiger partial charge is 0.454 e. The van der Waals surface area contributed by atoms with Crippen molar-refractivity contribution in [2.45, 2.75) is 39.2 Å². The molecular formula is C25H25NO5S. The van der Waals surface area contributed by atoms with Crippen LogP contribution >= 0.6 is 0 Å². The van der Waals surface area contributed by atoms with Crippen molar-refractivity contribution in [1.29, 1.82) is 0 Å². The maximum Gasteiger partial charge on any atom is 0.339 e. The van der Waals surface area contributed by atoms with E-state index in [0.717, 1.165) is 35.0 Å². The number of hydrogen-bond donors (Lipinski definition) is 0. The lowest BCUT2D eigenvalue weighted by Crippen LogP contribution is -2.17. The van der Waals surface area contributed by atoms with E-state index in [0.29, 0.717) is 17.5 Å². The molecule has 2 aromatic carbocycles. The second kappa shape index (κ2) is 7.59. The van der Waals surface area contributed by atoms with Gasteiger partial charge in [0, 0.05) is 23.0 Å². The molecule has 2 aliphatic rings. The highest BCUT2D eigenvalue weighted by Gasteiger charge is 2.32. The van der Waals surface area contributed by atoms with E-state index in [-0.39, 0.29) is 29.9 Å². The Bertz CT molecular complexity index is 1370. The summed E-state index contributed by atoms with van der Waals surface area (Å²) in [7, 11) is -3.04. The Morgan fingerprint density at radius 3 is 2.53 bits per heavy atom. The third-order valence-corrected chi connectivity index (χ3v) is 8.54. The van der Waals surface area contributed by atoms with Gasteiger partial charge in [-0.1, -0.05) is 24.3 Å². The molecule has 1 unspecified atom stereocenters. The van der Waals surface area contributed by atoms with Gasteiger partial charge in [-0.15, -0.1) is 0 Å². The van der Waals surface area contributed by atoms with Gasteiger partial charge in [0.15, 0.2) is 16.4 Å². The van der Waals surface area contributed by atoms with Gasteiger partial charge >= 0.3 is 5.97 Å². The van der Waals surface area contributed by atoms with Gasteiger partial charge in [0.25, 0.3) is 0 Å². The maximum atomic E-state index is 12.9. The number of nitrogens with zero attached hydrogens (tertiary/aromatic N) is 1. The standard InChI is InChI=1S/C25H25NO5S/c1-15-12-22(16(2)26(15)19-10-11-32(29,30)14-19)23(27)13-31-25(28)21-9-8-18-7-6-17-4-3-5-20(21)24(17)18/h3-5,8-9,12,19H,6-7,10-11,13-14H2,1-2H3. The fourth-order valence-electron chi connectivity index (χ4n) is 5.31. The van der Waals surface area contributed by atoms with Crippen molar-refractivity contribution in [2.24, 2.45) is 0 Å². The number of carbonyl (C=O) groups excluding carboxylic acids is 2. The van der Waals surface area contributed by atoms with E-state index in [1.165, 1.54) is 11.1 Å². The highest BCUT2D eigenvalue weighted by atomic mass is 32.2. The minimum absolute atomic E-state index is 0.0943. The second-order valence-electron chi connectivity index (χ2n) is 8.82. The summed E-state index contributed by atoms with van der Waals surface area (Å²) < 4.78 is 31.1. The molecule has 5 rings (SSSR count). The van der Waals surface area contributed by atoms with Crippen LogP contribution in [0.2, 0.25) is 0 Å². The van der Waals surface area contributed by atoms with Crippen molar-refractivity contribution in [1.82, 2.24) is 4.57 Å². The number of aromatic nitrogens is 1. The zero-order valence-electron chi connectivity index (χ0n) is 18.2. The Kier molecular flexibility index (Phi) is 4.97. The first kappa shape index (κ1) is 20.9. The van der Waals surface area contributed by atoms with E-state index in [9.17, 15) is 18.0 Å². The monoisotopic (exact) mass is 451 g/mol. The number of ketones is 1. The van der Waals surface area contributed by atoms with Crippen molar-refractivity contribution < 1.29 is 22.7 Å². The fourth-order valence-corrected chi connectivity index (χ4v) is 7.01. The van der Waals surface area contributed by atoms with Crippen LogP contribution in [0.3, 0.4) is 0 Å². The molecule has 1 aliphatic heterocycles. The maximum absolute atomic E-state index is 12.9. The molecule has 2 heterocycles. The van der Waals surface area contributed by atoms with E-state index in [1.807, 2.05) is 36.6 Å². The third kappa shape index (κ3) is 3.45. The van der Waals surface area contributed by atoms with Gasteiger partial charge in [-0.25, -0.2) is 13.2 Å². The van der Waals surface area contributed by atoms with Gasteiger partial charge in [0.2, 0.25) is 5.78 Å². The average molecular weight is 452 g/mol. The Morgan fingerprint density at radius 1 is 1.06 bits per heavy atom. The van der Waals surface area contributed by atoms with Crippen LogP contribution in [0.15, 0.2) is 36.4 Å². The molecule has 6 nitrogen and oxygen atoms in total. The molecule has 0 saturated carbocycles. The summed E-state index contributed by atoms with van der Waals surface area (Å²) in [6.45, 7) is 3.33. The van der Waals surface area contributed by atoms with Crippen LogP contribution in [0.4, 0.5) is 0 Å². The van der Waals surface area contributed by atoms with Crippen molar-refractivity contribution in [3.63, 3.8) is 0 Å². The van der Waals surface area contributed by atoms with Crippen LogP contribution in [-0.4, -0.2) is 42.9 Å². The summed E-state index contributed by atoms with van der Waals surface area (Å²) in [6.07, 6.45) is 2.50. The lowest BCUT2D eigenvalue weighted by molar-refractivity contribution is 0.0476. The Morgan fingerprint density at radius 2 is 1.81 bits per heavy atom. The number of esters is 1. The zero-order chi connectivity index (χ0) is 22.6. The first-order valence-electron chi connectivity index (χ1n) is 10.9. The van der Waals surface area contributed by atoms with Crippen LogP contribution in [-0.2, 0) is 27.4 Å². The summed E-state index contributed by atoms with van der Waals surface area (Å²) >= 11 is 0. The topological polar surface area (TPSA) is 82.4 Å². The Balaban J connectivity index is 1.35. The number of ether oxygens (including phenoxy) is 1. The molecule has 1 saturated heterocycles. The molecule has 0 amide bonds. The molecule has 32 heavy (non-hydrogen) atoms. The minimum Gasteiger partial charge on any atom is -0.454 e. The van der Waals surface area contributed by atoms with Gasteiger partial charge < -0.3 is 9.30 Å². The third-order valence-electron chi connectivity index (χ3n) is 6.79. The van der Waals surface area contributed by atoms with E-state index < -0.39 is 15.8 Å². The molecule has 7 heteroatoms. The minimum atomic E-state index is -3.04. The summed E-state index contributed by atoms with van der Waals surface area (Å²) in [6, 6.07) is 11.3. The van der Waals surface area contributed by atoms with Crippen LogP contribution in [0, 0.1) is 13.8 Å². The molecule has 3 aromatic rings. The van der Waals surface area contributed by atoms with Crippen molar-refractivity contribution in [3.8, 4) is 0 Å². The summed E-state index contributed by atoms with van der Waals surface area (Å²) in [5.41, 5.74) is 4.99. The van der Waals surface area contributed by atoms with Crippen molar-refractivity contribution >= 4 is 32.4 Å². The van der Waals surface area contributed by atoms with Crippen LogP contribution in [0.5, 0.6) is 0 Å². The number of benzene rings is 2. The van der Waals surface area contributed by atoms with Crippen LogP contribution in [0.1, 0.15) is 55.7 Å². The van der Waals surface area contributed by atoms with E-state index in [4.69, 9.17) is 4.74 Å². The SMILES string of the molecule is Cc1cc(C(=O)COC(=O)c2ccc3c4c(cccc24)CC3)c(C)n1C1CCS(=O)(=O)C1. The molecule has 0 spiro atoms. The predicted molar refractivity (Wildman–Crippen MR) is 122 cm³/mol. The fraction of sp³-hybridized carbons (Fsp3) is 0.360. The smallest absolute Gasteiger partial charge is 0.339 e.